The summed E-state index contributed by atoms with van der Waals surface area (Å²) >= 11 is 0. The summed E-state index contributed by atoms with van der Waals surface area (Å²) in [6.07, 6.45) is -0.653. The summed E-state index contributed by atoms with van der Waals surface area (Å²) in [6, 6.07) is 13.8. The molecule has 10 nitrogen and oxygen atoms in total. The molecule has 0 aliphatic rings. The molecule has 0 saturated carbocycles. The van der Waals surface area contributed by atoms with E-state index in [0.29, 0.717) is 23.3 Å². The van der Waals surface area contributed by atoms with Crippen molar-refractivity contribution in [2.24, 2.45) is 5.11 Å². The fourth-order valence-electron chi connectivity index (χ4n) is 3.08. The van der Waals surface area contributed by atoms with Crippen LogP contribution in [0, 0.1) is 0 Å². The van der Waals surface area contributed by atoms with Crippen molar-refractivity contribution >= 4 is 45.9 Å². The molecule has 3 aromatic rings. The largest absolute Gasteiger partial charge is 2.00 e. The molecule has 1 heterocycles. The van der Waals surface area contributed by atoms with Gasteiger partial charge in [0.1, 0.15) is 12.4 Å². The summed E-state index contributed by atoms with van der Waals surface area (Å²) in [6.45, 7) is 2.34. The topological polar surface area (TPSA) is 139 Å². The first-order valence-electron chi connectivity index (χ1n) is 9.64. The Morgan fingerprint density at radius 1 is 1.25 bits per heavy atom. The second kappa shape index (κ2) is 12.1. The molecule has 1 N–H and O–H groups in total. The first-order valence-corrected chi connectivity index (χ1v) is 9.64. The minimum Gasteiger partial charge on any atom is -0.492 e. The third kappa shape index (κ3) is 6.20. The van der Waals surface area contributed by atoms with Gasteiger partial charge in [-0.1, -0.05) is 24.3 Å². The molecule has 0 saturated heterocycles. The molecule has 2 aromatic carbocycles. The molecule has 0 fully saturated rings. The van der Waals surface area contributed by atoms with Crippen LogP contribution in [-0.4, -0.2) is 63.0 Å². The quantitative estimate of drug-likeness (QED) is 0.219. The van der Waals surface area contributed by atoms with E-state index in [9.17, 15) is 14.7 Å². The summed E-state index contributed by atoms with van der Waals surface area (Å²) in [5.74, 6) is -0.479. The van der Waals surface area contributed by atoms with Gasteiger partial charge in [-0.15, -0.1) is 0 Å². The zero-order valence-electron chi connectivity index (χ0n) is 17.5. The molecular weight excluding hydrogens is 427 g/mol. The summed E-state index contributed by atoms with van der Waals surface area (Å²) in [4.78, 5) is 31.0. The van der Waals surface area contributed by atoms with Crippen molar-refractivity contribution in [3.05, 3.63) is 74.9 Å². The number of fused-ring (bicyclic) bond motifs is 1. The van der Waals surface area contributed by atoms with Crippen LogP contribution < -0.4 is 10.3 Å². The second-order valence-corrected chi connectivity index (χ2v) is 6.55. The molecule has 0 spiro atoms. The molecule has 0 bridgehead atoms. The normalized spacial score (nSPS) is 11.3. The van der Waals surface area contributed by atoms with Crippen LogP contribution in [0.4, 0.5) is 5.95 Å². The van der Waals surface area contributed by atoms with Crippen LogP contribution in [0.3, 0.4) is 0 Å². The minimum atomic E-state index is -1.01. The Labute approximate surface area is 199 Å². The zero-order valence-corrected chi connectivity index (χ0v) is 19.0. The molecule has 3 rings (SSSR count). The van der Waals surface area contributed by atoms with Crippen LogP contribution in [0.2, 0.25) is 0 Å². The van der Waals surface area contributed by atoms with Crippen LogP contribution in [-0.2, 0) is 22.5 Å². The predicted octanol–water partition coefficient (Wildman–Crippen LogP) is 3.07. The molecule has 1 atom stereocenters. The van der Waals surface area contributed by atoms with Gasteiger partial charge >= 0.3 is 29.0 Å². The minimum absolute atomic E-state index is 0. The number of aromatic nitrogens is 2. The van der Waals surface area contributed by atoms with Gasteiger partial charge < -0.3 is 14.6 Å². The Hall–Kier alpha value is -3.11. The van der Waals surface area contributed by atoms with Gasteiger partial charge in [0.05, 0.1) is 17.4 Å². The molecular formula is C21H21MgN5O5+2. The van der Waals surface area contributed by atoms with Gasteiger partial charge in [0.2, 0.25) is 0 Å². The maximum Gasteiger partial charge on any atom is 2.00 e. The Balaban J connectivity index is 0.00000363. The second-order valence-electron chi connectivity index (χ2n) is 6.55. The molecule has 1 aromatic heterocycles. The molecule has 160 valence electrons. The average molecular weight is 448 g/mol. The number of hydrogen-bond acceptors (Lipinski definition) is 6. The van der Waals surface area contributed by atoms with E-state index in [-0.39, 0.29) is 54.1 Å². The molecule has 0 radical (unpaired) electrons. The maximum atomic E-state index is 12.7. The number of nitrogens with zero attached hydrogens (tertiary/aromatic N) is 5. The number of carboxylic acid groups (broad SMARTS) is 1. The fourth-order valence-corrected chi connectivity index (χ4v) is 3.08. The van der Waals surface area contributed by atoms with Crippen LogP contribution in [0.1, 0.15) is 12.5 Å². The number of aliphatic carboxylic acids is 1. The first kappa shape index (κ1) is 25.1. The zero-order chi connectivity index (χ0) is 22.2. The van der Waals surface area contributed by atoms with Crippen molar-refractivity contribution in [2.75, 3.05) is 13.2 Å². The van der Waals surface area contributed by atoms with E-state index in [2.05, 4.69) is 15.0 Å². The third-order valence-corrected chi connectivity index (χ3v) is 4.55. The first-order chi connectivity index (χ1) is 15.0. The monoisotopic (exact) mass is 447 g/mol. The Morgan fingerprint density at radius 3 is 2.62 bits per heavy atom. The summed E-state index contributed by atoms with van der Waals surface area (Å²) in [7, 11) is 0. The standard InChI is InChI=1S/C21H21N5O5.Mg/c1-2-30-18(20(28)29)13-14-7-9-15(10-8-14)31-12-11-26-19(27)16-5-3-4-6-17(16)23-21(26)24-25-22;/h3-10,18H,2,11-13H2,1H3,(H,28,29);/q;+2/t18-;/m1./s1. The summed E-state index contributed by atoms with van der Waals surface area (Å²) in [5.41, 5.74) is 9.73. The number of hydrogen-bond donors (Lipinski definition) is 1. The van der Waals surface area contributed by atoms with Gasteiger partial charge in [-0.05, 0) is 47.4 Å². The Kier molecular flexibility index (Phi) is 9.48. The molecule has 0 aliphatic heterocycles. The van der Waals surface area contributed by atoms with Crippen LogP contribution in [0.25, 0.3) is 21.3 Å². The third-order valence-electron chi connectivity index (χ3n) is 4.55. The van der Waals surface area contributed by atoms with Crippen molar-refractivity contribution in [1.29, 1.82) is 0 Å². The van der Waals surface area contributed by atoms with Crippen molar-refractivity contribution in [2.45, 2.75) is 26.0 Å². The average Bonchev–Trinajstić information content (AvgIpc) is 2.77. The number of rotatable bonds is 10. The van der Waals surface area contributed by atoms with Crippen molar-refractivity contribution < 1.29 is 19.4 Å². The fraction of sp³-hybridized carbons (Fsp3) is 0.286. The number of azide groups is 1. The number of carboxylic acids is 1. The predicted molar refractivity (Wildman–Crippen MR) is 119 cm³/mol. The number of benzene rings is 2. The van der Waals surface area contributed by atoms with Crippen molar-refractivity contribution in [3.8, 4) is 5.75 Å². The molecule has 11 heteroatoms. The van der Waals surface area contributed by atoms with Gasteiger partial charge in [0, 0.05) is 17.9 Å². The Morgan fingerprint density at radius 2 is 1.97 bits per heavy atom. The van der Waals surface area contributed by atoms with Gasteiger partial charge in [-0.3, -0.25) is 9.36 Å². The van der Waals surface area contributed by atoms with Crippen LogP contribution in [0.15, 0.2) is 58.4 Å². The van der Waals surface area contributed by atoms with Gasteiger partial charge in [-0.25, -0.2) is 9.78 Å². The summed E-state index contributed by atoms with van der Waals surface area (Å²) < 4.78 is 12.2. The van der Waals surface area contributed by atoms with Gasteiger partial charge in [-0.2, -0.15) is 0 Å². The van der Waals surface area contributed by atoms with E-state index in [1.54, 1.807) is 55.5 Å². The van der Waals surface area contributed by atoms with E-state index in [4.69, 9.17) is 15.0 Å². The number of ether oxygens (including phenoxy) is 2. The van der Waals surface area contributed by atoms with Crippen LogP contribution in [0.5, 0.6) is 5.75 Å². The number of para-hydroxylation sites is 1. The smallest absolute Gasteiger partial charge is 0.492 e. The van der Waals surface area contributed by atoms with Crippen LogP contribution >= 0.6 is 0 Å². The van der Waals surface area contributed by atoms with Gasteiger partial charge in [0.15, 0.2) is 12.1 Å². The van der Waals surface area contributed by atoms with Gasteiger partial charge in [0.25, 0.3) is 5.56 Å². The van der Waals surface area contributed by atoms with E-state index < -0.39 is 12.1 Å². The Bertz CT molecular complexity index is 1180. The van der Waals surface area contributed by atoms with E-state index in [1.165, 1.54) is 4.57 Å². The molecule has 0 aliphatic carbocycles. The SMILES string of the molecule is CCO[C@H](Cc1ccc(OCCn2c(N=[N+]=[N-])nc3ccccc3c2=O)cc1)C(=O)O.[Mg+2]. The van der Waals surface area contributed by atoms with Crippen molar-refractivity contribution in [3.63, 3.8) is 0 Å². The molecule has 0 amide bonds. The maximum absolute atomic E-state index is 12.7. The van der Waals surface area contributed by atoms with Crippen molar-refractivity contribution in [1.82, 2.24) is 9.55 Å². The number of carbonyl (C=O) groups is 1. The summed E-state index contributed by atoms with van der Waals surface area (Å²) in [5, 5.41) is 13.1. The van der Waals surface area contributed by atoms with E-state index in [0.717, 1.165) is 5.56 Å². The van der Waals surface area contributed by atoms with E-state index in [1.807, 2.05) is 0 Å². The molecule has 32 heavy (non-hydrogen) atoms. The molecule has 0 unspecified atom stereocenters. The van der Waals surface area contributed by atoms with E-state index >= 15 is 0 Å².